The molecule has 3 rings (SSSR count). The Hall–Kier alpha value is -4.19. The minimum absolute atomic E-state index is 0.129. The highest BCUT2D eigenvalue weighted by Gasteiger charge is 2.16. The van der Waals surface area contributed by atoms with E-state index in [1.807, 2.05) is 0 Å². The molecule has 1 heterocycles. The third-order valence-corrected chi connectivity index (χ3v) is 4.78. The van der Waals surface area contributed by atoms with Crippen molar-refractivity contribution in [3.05, 3.63) is 71.2 Å². The third kappa shape index (κ3) is 5.29. The van der Waals surface area contributed by atoms with E-state index in [2.05, 4.69) is 21.8 Å². The van der Waals surface area contributed by atoms with Crippen LogP contribution in [0.15, 0.2) is 48.5 Å². The number of nitrogens with one attached hydrogen (secondary N) is 2. The number of nitrogen functional groups attached to an aromatic ring is 1. The lowest BCUT2D eigenvalue weighted by molar-refractivity contribution is -0.115. The Balaban J connectivity index is 1.60. The van der Waals surface area contributed by atoms with Gasteiger partial charge in [-0.15, -0.1) is 0 Å². The fourth-order valence-electron chi connectivity index (χ4n) is 3.10. The summed E-state index contributed by atoms with van der Waals surface area (Å²) in [7, 11) is 0. The van der Waals surface area contributed by atoms with Gasteiger partial charge in [0.1, 0.15) is 23.3 Å². The number of halogens is 1. The highest BCUT2D eigenvalue weighted by molar-refractivity contribution is 5.97. The zero-order valence-electron chi connectivity index (χ0n) is 17.6. The van der Waals surface area contributed by atoms with E-state index in [1.54, 1.807) is 31.2 Å². The molecule has 0 saturated carbocycles. The van der Waals surface area contributed by atoms with Crippen molar-refractivity contribution in [2.75, 3.05) is 17.6 Å². The van der Waals surface area contributed by atoms with Crippen molar-refractivity contribution in [3.8, 4) is 11.8 Å². The smallest absolute Gasteiger partial charge is 0.251 e. The molecular formula is C23H23FN6O2. The lowest BCUT2D eigenvalue weighted by Crippen LogP contribution is -2.25. The SMILES string of the molecule is CCC(=O)Nc1cccc(C(=O)NCCCc2nn(-c3ccc(F)cc3)c(N)c2C#N)c1. The van der Waals surface area contributed by atoms with Gasteiger partial charge in [-0.2, -0.15) is 10.4 Å². The molecule has 0 atom stereocenters. The van der Waals surface area contributed by atoms with Gasteiger partial charge in [-0.3, -0.25) is 9.59 Å². The predicted molar refractivity (Wildman–Crippen MR) is 119 cm³/mol. The second kappa shape index (κ2) is 10.2. The van der Waals surface area contributed by atoms with Gasteiger partial charge in [-0.05, 0) is 55.3 Å². The lowest BCUT2D eigenvalue weighted by Gasteiger charge is -2.08. The molecule has 0 spiro atoms. The maximum absolute atomic E-state index is 13.2. The van der Waals surface area contributed by atoms with Gasteiger partial charge in [-0.25, -0.2) is 9.07 Å². The maximum atomic E-state index is 13.2. The molecule has 9 heteroatoms. The second-order valence-corrected chi connectivity index (χ2v) is 7.05. The van der Waals surface area contributed by atoms with E-state index < -0.39 is 0 Å². The van der Waals surface area contributed by atoms with Gasteiger partial charge < -0.3 is 16.4 Å². The average Bonchev–Trinajstić information content (AvgIpc) is 3.12. The van der Waals surface area contributed by atoms with Crippen molar-refractivity contribution in [3.63, 3.8) is 0 Å². The van der Waals surface area contributed by atoms with Gasteiger partial charge in [0.2, 0.25) is 5.91 Å². The molecule has 0 aliphatic rings. The Labute approximate surface area is 184 Å². The predicted octanol–water partition coefficient (Wildman–Crippen LogP) is 3.18. The van der Waals surface area contributed by atoms with E-state index in [4.69, 9.17) is 5.73 Å². The van der Waals surface area contributed by atoms with E-state index in [1.165, 1.54) is 28.9 Å². The third-order valence-electron chi connectivity index (χ3n) is 4.78. The quantitative estimate of drug-likeness (QED) is 0.470. The highest BCUT2D eigenvalue weighted by atomic mass is 19.1. The van der Waals surface area contributed by atoms with Crippen molar-refractivity contribution in [2.24, 2.45) is 0 Å². The number of aryl methyl sites for hydroxylation is 1. The molecule has 3 aromatic rings. The van der Waals surface area contributed by atoms with Crippen LogP contribution in [0.5, 0.6) is 0 Å². The summed E-state index contributed by atoms with van der Waals surface area (Å²) in [4.78, 5) is 23.9. The zero-order chi connectivity index (χ0) is 23.1. The Bertz CT molecular complexity index is 1160. The van der Waals surface area contributed by atoms with Crippen LogP contribution >= 0.6 is 0 Å². The van der Waals surface area contributed by atoms with Crippen LogP contribution in [0.2, 0.25) is 0 Å². The number of hydrogen-bond donors (Lipinski definition) is 3. The Morgan fingerprint density at radius 1 is 1.22 bits per heavy atom. The number of benzene rings is 2. The largest absolute Gasteiger partial charge is 0.382 e. The van der Waals surface area contributed by atoms with Gasteiger partial charge in [-0.1, -0.05) is 13.0 Å². The summed E-state index contributed by atoms with van der Waals surface area (Å²) in [6.07, 6.45) is 1.31. The van der Waals surface area contributed by atoms with Crippen molar-refractivity contribution >= 4 is 23.3 Å². The first kappa shape index (κ1) is 22.5. The minimum Gasteiger partial charge on any atom is -0.382 e. The van der Waals surface area contributed by atoms with Crippen LogP contribution < -0.4 is 16.4 Å². The first-order valence-electron chi connectivity index (χ1n) is 10.1. The summed E-state index contributed by atoms with van der Waals surface area (Å²) in [5.41, 5.74) is 8.37. The average molecular weight is 434 g/mol. The molecular weight excluding hydrogens is 411 g/mol. The molecule has 0 fully saturated rings. The molecule has 0 radical (unpaired) electrons. The minimum atomic E-state index is -0.380. The molecule has 32 heavy (non-hydrogen) atoms. The van der Waals surface area contributed by atoms with Crippen LogP contribution in [-0.2, 0) is 11.2 Å². The molecule has 2 amide bonds. The number of aromatic nitrogens is 2. The van der Waals surface area contributed by atoms with Crippen molar-refractivity contribution in [2.45, 2.75) is 26.2 Å². The number of carbonyl (C=O) groups excluding carboxylic acids is 2. The van der Waals surface area contributed by atoms with Crippen molar-refractivity contribution < 1.29 is 14.0 Å². The fraction of sp³-hybridized carbons (Fsp3) is 0.217. The molecule has 2 aromatic carbocycles. The van der Waals surface area contributed by atoms with Crippen LogP contribution in [0.25, 0.3) is 5.69 Å². The first-order valence-corrected chi connectivity index (χ1v) is 10.1. The summed E-state index contributed by atoms with van der Waals surface area (Å²) < 4.78 is 14.6. The van der Waals surface area contributed by atoms with Gasteiger partial charge in [0.15, 0.2) is 0 Å². The van der Waals surface area contributed by atoms with Gasteiger partial charge in [0, 0.05) is 24.2 Å². The Kier molecular flexibility index (Phi) is 7.18. The maximum Gasteiger partial charge on any atom is 0.251 e. The van der Waals surface area contributed by atoms with E-state index in [0.717, 1.165) is 0 Å². The number of nitrogens with two attached hydrogens (primary N) is 1. The number of nitriles is 1. The van der Waals surface area contributed by atoms with Crippen LogP contribution in [0, 0.1) is 17.1 Å². The number of rotatable bonds is 8. The molecule has 0 aliphatic carbocycles. The number of nitrogens with zero attached hydrogens (tertiary/aromatic N) is 3. The summed E-state index contributed by atoms with van der Waals surface area (Å²) in [6.45, 7) is 2.11. The number of anilines is 2. The van der Waals surface area contributed by atoms with Crippen molar-refractivity contribution in [1.82, 2.24) is 15.1 Å². The molecule has 0 bridgehead atoms. The summed E-state index contributed by atoms with van der Waals surface area (Å²) in [5, 5.41) is 19.4. The monoisotopic (exact) mass is 434 g/mol. The standard InChI is InChI=1S/C23H23FN6O2/c1-2-21(31)28-17-6-3-5-15(13-17)23(32)27-12-4-7-20-19(14-25)22(26)30(29-20)18-10-8-16(24)9-11-18/h3,5-6,8-11,13H,2,4,7,12,26H2,1H3,(H,27,32)(H,28,31). The van der Waals surface area contributed by atoms with Crippen LogP contribution in [0.1, 0.15) is 41.4 Å². The molecule has 0 unspecified atom stereocenters. The zero-order valence-corrected chi connectivity index (χ0v) is 17.6. The van der Waals surface area contributed by atoms with E-state index in [0.29, 0.717) is 48.4 Å². The molecule has 0 aliphatic heterocycles. The van der Waals surface area contributed by atoms with E-state index in [-0.39, 0.29) is 29.0 Å². The first-order chi connectivity index (χ1) is 15.4. The number of carbonyl (C=O) groups is 2. The van der Waals surface area contributed by atoms with E-state index in [9.17, 15) is 19.2 Å². The van der Waals surface area contributed by atoms with Crippen LogP contribution in [0.4, 0.5) is 15.9 Å². The second-order valence-electron chi connectivity index (χ2n) is 7.05. The Morgan fingerprint density at radius 2 is 1.97 bits per heavy atom. The van der Waals surface area contributed by atoms with Crippen LogP contribution in [-0.4, -0.2) is 28.1 Å². The summed E-state index contributed by atoms with van der Waals surface area (Å²) in [5.74, 6) is -0.594. The van der Waals surface area contributed by atoms with Gasteiger partial charge in [0.25, 0.3) is 5.91 Å². The normalized spacial score (nSPS) is 10.4. The lowest BCUT2D eigenvalue weighted by atomic mass is 10.1. The fourth-order valence-corrected chi connectivity index (χ4v) is 3.10. The highest BCUT2D eigenvalue weighted by Crippen LogP contribution is 2.21. The van der Waals surface area contributed by atoms with Crippen LogP contribution in [0.3, 0.4) is 0 Å². The molecule has 4 N–H and O–H groups in total. The number of hydrogen-bond acceptors (Lipinski definition) is 5. The van der Waals surface area contributed by atoms with Gasteiger partial charge in [0.05, 0.1) is 11.4 Å². The molecule has 0 saturated heterocycles. The molecule has 1 aromatic heterocycles. The van der Waals surface area contributed by atoms with Gasteiger partial charge >= 0.3 is 0 Å². The summed E-state index contributed by atoms with van der Waals surface area (Å²) in [6, 6.07) is 14.4. The Morgan fingerprint density at radius 3 is 2.66 bits per heavy atom. The molecule has 164 valence electrons. The van der Waals surface area contributed by atoms with Crippen molar-refractivity contribution in [1.29, 1.82) is 5.26 Å². The number of amides is 2. The molecule has 8 nitrogen and oxygen atoms in total. The summed E-state index contributed by atoms with van der Waals surface area (Å²) >= 11 is 0. The topological polar surface area (TPSA) is 126 Å². The van der Waals surface area contributed by atoms with E-state index >= 15 is 0 Å².